The summed E-state index contributed by atoms with van der Waals surface area (Å²) >= 11 is 6.17. The number of halogens is 1. The second kappa shape index (κ2) is 5.70. The van der Waals surface area contributed by atoms with E-state index in [1.165, 1.54) is 5.56 Å². The Labute approximate surface area is 104 Å². The highest BCUT2D eigenvalue weighted by Gasteiger charge is 2.12. The van der Waals surface area contributed by atoms with Crippen LogP contribution in [0.2, 0.25) is 5.02 Å². The molecule has 0 aliphatic rings. The van der Waals surface area contributed by atoms with Crippen LogP contribution in [0.5, 0.6) is 0 Å². The lowest BCUT2D eigenvalue weighted by molar-refractivity contribution is 0.413. The van der Waals surface area contributed by atoms with E-state index in [0.29, 0.717) is 5.92 Å². The predicted octanol–water partition coefficient (Wildman–Crippen LogP) is 4.22. The van der Waals surface area contributed by atoms with Crippen LogP contribution in [-0.2, 0) is 0 Å². The second-order valence-corrected chi connectivity index (χ2v) is 5.80. The Bertz CT molecular complexity index is 328. The summed E-state index contributed by atoms with van der Waals surface area (Å²) in [7, 11) is 0. The molecule has 1 aromatic carbocycles. The SMILES string of the molecule is CC(CCNC(C)(C)C)c1ccccc1Cl. The second-order valence-electron chi connectivity index (χ2n) is 5.39. The molecule has 1 unspecified atom stereocenters. The highest BCUT2D eigenvalue weighted by molar-refractivity contribution is 6.31. The molecule has 1 aromatic rings. The number of nitrogens with one attached hydrogen (secondary N) is 1. The Morgan fingerprint density at radius 1 is 1.25 bits per heavy atom. The summed E-state index contributed by atoms with van der Waals surface area (Å²) in [5.74, 6) is 0.503. The molecule has 90 valence electrons. The summed E-state index contributed by atoms with van der Waals surface area (Å²) in [6.45, 7) is 9.81. The van der Waals surface area contributed by atoms with Gasteiger partial charge in [-0.05, 0) is 51.3 Å². The molecular weight excluding hydrogens is 218 g/mol. The lowest BCUT2D eigenvalue weighted by Gasteiger charge is -2.22. The monoisotopic (exact) mass is 239 g/mol. The molecule has 0 aliphatic heterocycles. The maximum atomic E-state index is 6.17. The third kappa shape index (κ3) is 4.54. The third-order valence-corrected chi connectivity index (χ3v) is 3.01. The lowest BCUT2D eigenvalue weighted by atomic mass is 9.97. The van der Waals surface area contributed by atoms with E-state index in [2.05, 4.69) is 45.1 Å². The molecule has 0 saturated carbocycles. The highest BCUT2D eigenvalue weighted by atomic mass is 35.5. The van der Waals surface area contributed by atoms with E-state index in [-0.39, 0.29) is 5.54 Å². The van der Waals surface area contributed by atoms with Gasteiger partial charge in [0.25, 0.3) is 0 Å². The fourth-order valence-electron chi connectivity index (χ4n) is 1.69. The molecule has 2 heteroatoms. The minimum Gasteiger partial charge on any atom is -0.312 e. The molecule has 0 amide bonds. The molecule has 0 saturated heterocycles. The van der Waals surface area contributed by atoms with Crippen LogP contribution in [0.4, 0.5) is 0 Å². The van der Waals surface area contributed by atoms with Crippen molar-refractivity contribution in [3.63, 3.8) is 0 Å². The molecule has 0 heterocycles. The van der Waals surface area contributed by atoms with Crippen molar-refractivity contribution in [2.45, 2.75) is 45.6 Å². The van der Waals surface area contributed by atoms with Crippen molar-refractivity contribution in [1.29, 1.82) is 0 Å². The molecule has 0 fully saturated rings. The molecule has 0 spiro atoms. The van der Waals surface area contributed by atoms with Gasteiger partial charge in [-0.3, -0.25) is 0 Å². The largest absolute Gasteiger partial charge is 0.312 e. The van der Waals surface area contributed by atoms with E-state index in [4.69, 9.17) is 11.6 Å². The minimum absolute atomic E-state index is 0.195. The highest BCUT2D eigenvalue weighted by Crippen LogP contribution is 2.26. The van der Waals surface area contributed by atoms with E-state index >= 15 is 0 Å². The Balaban J connectivity index is 2.47. The summed E-state index contributed by atoms with van der Waals surface area (Å²) in [4.78, 5) is 0. The number of hydrogen-bond donors (Lipinski definition) is 1. The minimum atomic E-state index is 0.195. The Hall–Kier alpha value is -0.530. The Kier molecular flexibility index (Phi) is 4.82. The molecule has 0 aromatic heterocycles. The zero-order valence-corrected chi connectivity index (χ0v) is 11.4. The van der Waals surface area contributed by atoms with Crippen LogP contribution in [0.25, 0.3) is 0 Å². The average molecular weight is 240 g/mol. The van der Waals surface area contributed by atoms with Crippen LogP contribution in [0, 0.1) is 0 Å². The molecule has 0 aliphatic carbocycles. The van der Waals surface area contributed by atoms with Gasteiger partial charge in [0, 0.05) is 10.6 Å². The molecule has 16 heavy (non-hydrogen) atoms. The van der Waals surface area contributed by atoms with E-state index in [0.717, 1.165) is 18.0 Å². The molecule has 1 rings (SSSR count). The van der Waals surface area contributed by atoms with Crippen molar-refractivity contribution in [1.82, 2.24) is 5.32 Å². The van der Waals surface area contributed by atoms with Crippen LogP contribution in [-0.4, -0.2) is 12.1 Å². The average Bonchev–Trinajstić information content (AvgIpc) is 2.16. The lowest BCUT2D eigenvalue weighted by Crippen LogP contribution is -2.36. The van der Waals surface area contributed by atoms with Gasteiger partial charge in [0.2, 0.25) is 0 Å². The summed E-state index contributed by atoms with van der Waals surface area (Å²) in [6.07, 6.45) is 1.11. The van der Waals surface area contributed by atoms with Gasteiger partial charge in [-0.15, -0.1) is 0 Å². The van der Waals surface area contributed by atoms with E-state index in [1.54, 1.807) is 0 Å². The van der Waals surface area contributed by atoms with Gasteiger partial charge >= 0.3 is 0 Å². The first-order valence-corrected chi connectivity index (χ1v) is 6.27. The van der Waals surface area contributed by atoms with Gasteiger partial charge in [-0.25, -0.2) is 0 Å². The van der Waals surface area contributed by atoms with Gasteiger partial charge in [-0.1, -0.05) is 36.7 Å². The van der Waals surface area contributed by atoms with Gasteiger partial charge in [0.05, 0.1) is 0 Å². The van der Waals surface area contributed by atoms with Crippen molar-refractivity contribution in [2.75, 3.05) is 6.54 Å². The van der Waals surface area contributed by atoms with E-state index < -0.39 is 0 Å². The maximum absolute atomic E-state index is 6.17. The van der Waals surface area contributed by atoms with Gasteiger partial charge < -0.3 is 5.32 Å². The smallest absolute Gasteiger partial charge is 0.0440 e. The van der Waals surface area contributed by atoms with Crippen molar-refractivity contribution >= 4 is 11.6 Å². The Morgan fingerprint density at radius 3 is 2.44 bits per heavy atom. The first-order valence-electron chi connectivity index (χ1n) is 5.89. The molecule has 0 bridgehead atoms. The van der Waals surface area contributed by atoms with Crippen LogP contribution in [0.1, 0.15) is 45.6 Å². The normalized spacial score (nSPS) is 13.8. The van der Waals surface area contributed by atoms with Crippen LogP contribution in [0.3, 0.4) is 0 Å². The first kappa shape index (κ1) is 13.5. The zero-order chi connectivity index (χ0) is 12.2. The topological polar surface area (TPSA) is 12.0 Å². The molecular formula is C14H22ClN. The van der Waals surface area contributed by atoms with E-state index in [1.807, 2.05) is 12.1 Å². The first-order chi connectivity index (χ1) is 7.40. The maximum Gasteiger partial charge on any atom is 0.0440 e. The number of rotatable bonds is 4. The van der Waals surface area contributed by atoms with Crippen molar-refractivity contribution in [2.24, 2.45) is 0 Å². The third-order valence-electron chi connectivity index (χ3n) is 2.67. The van der Waals surface area contributed by atoms with Crippen molar-refractivity contribution < 1.29 is 0 Å². The van der Waals surface area contributed by atoms with Crippen LogP contribution in [0.15, 0.2) is 24.3 Å². The molecule has 1 nitrogen and oxygen atoms in total. The molecule has 1 N–H and O–H groups in total. The van der Waals surface area contributed by atoms with Gasteiger partial charge in [-0.2, -0.15) is 0 Å². The summed E-state index contributed by atoms with van der Waals surface area (Å²) in [5.41, 5.74) is 1.44. The fourth-order valence-corrected chi connectivity index (χ4v) is 2.02. The predicted molar refractivity (Wildman–Crippen MR) is 72.2 cm³/mol. The summed E-state index contributed by atoms with van der Waals surface area (Å²) in [5, 5.41) is 4.38. The summed E-state index contributed by atoms with van der Waals surface area (Å²) in [6, 6.07) is 8.11. The van der Waals surface area contributed by atoms with Gasteiger partial charge in [0.15, 0.2) is 0 Å². The van der Waals surface area contributed by atoms with Crippen molar-refractivity contribution in [3.8, 4) is 0 Å². The van der Waals surface area contributed by atoms with Crippen molar-refractivity contribution in [3.05, 3.63) is 34.9 Å². The summed E-state index contributed by atoms with van der Waals surface area (Å²) < 4.78 is 0. The van der Waals surface area contributed by atoms with Crippen LogP contribution < -0.4 is 5.32 Å². The molecule has 1 atom stereocenters. The number of hydrogen-bond acceptors (Lipinski definition) is 1. The van der Waals surface area contributed by atoms with E-state index in [9.17, 15) is 0 Å². The quantitative estimate of drug-likeness (QED) is 0.830. The molecule has 0 radical (unpaired) electrons. The van der Waals surface area contributed by atoms with Gasteiger partial charge in [0.1, 0.15) is 0 Å². The number of benzene rings is 1. The zero-order valence-electron chi connectivity index (χ0n) is 10.7. The van der Waals surface area contributed by atoms with Crippen LogP contribution >= 0.6 is 11.6 Å². The fraction of sp³-hybridized carbons (Fsp3) is 0.571. The standard InChI is InChI=1S/C14H22ClN/c1-11(9-10-16-14(2,3)4)12-7-5-6-8-13(12)15/h5-8,11,16H,9-10H2,1-4H3. The Morgan fingerprint density at radius 2 is 1.88 bits per heavy atom.